The van der Waals surface area contributed by atoms with Crippen LogP contribution in [-0.2, 0) is 9.47 Å². The molecule has 0 aromatic carbocycles. The summed E-state index contributed by atoms with van der Waals surface area (Å²) in [7, 11) is 0. The van der Waals surface area contributed by atoms with Gasteiger partial charge in [-0.15, -0.1) is 0 Å². The van der Waals surface area contributed by atoms with Crippen molar-refractivity contribution in [2.75, 3.05) is 19.8 Å². The lowest BCUT2D eigenvalue weighted by Crippen LogP contribution is -2.40. The maximum Gasteiger partial charge on any atom is 0.125 e. The fourth-order valence-electron chi connectivity index (χ4n) is 0.968. The Morgan fingerprint density at radius 1 is 1.83 bits per heavy atom. The Balaban J connectivity index is 2.21. The molecule has 0 aliphatic carbocycles. The first kappa shape index (κ1) is 9.46. The van der Waals surface area contributed by atoms with Gasteiger partial charge in [0, 0.05) is 6.61 Å². The van der Waals surface area contributed by atoms with Crippen molar-refractivity contribution in [1.29, 1.82) is 5.26 Å². The summed E-state index contributed by atoms with van der Waals surface area (Å²) < 4.78 is 10.5. The second kappa shape index (κ2) is 3.85. The van der Waals surface area contributed by atoms with Crippen molar-refractivity contribution in [1.82, 2.24) is 0 Å². The molecule has 2 atom stereocenters. The minimum absolute atomic E-state index is 0.126. The Hall–Kier alpha value is -0.630. The third kappa shape index (κ3) is 2.78. The molecule has 2 unspecified atom stereocenters. The molecular formula is C8H14N2O2. The quantitative estimate of drug-likeness (QED) is 0.649. The molecule has 1 saturated heterocycles. The molecule has 68 valence electrons. The van der Waals surface area contributed by atoms with Gasteiger partial charge in [0.25, 0.3) is 0 Å². The third-order valence-electron chi connectivity index (χ3n) is 1.76. The lowest BCUT2D eigenvalue weighted by molar-refractivity contribution is 0.0272. The van der Waals surface area contributed by atoms with E-state index < -0.39 is 5.54 Å². The molecule has 1 rings (SSSR count). The molecule has 0 spiro atoms. The minimum Gasteiger partial charge on any atom is -0.379 e. The van der Waals surface area contributed by atoms with Gasteiger partial charge in [-0.2, -0.15) is 5.26 Å². The van der Waals surface area contributed by atoms with Crippen LogP contribution in [0.5, 0.6) is 0 Å². The maximum absolute atomic E-state index is 8.58. The van der Waals surface area contributed by atoms with Gasteiger partial charge in [0.05, 0.1) is 25.4 Å². The van der Waals surface area contributed by atoms with Gasteiger partial charge in [-0.1, -0.05) is 0 Å². The summed E-state index contributed by atoms with van der Waals surface area (Å²) in [6.07, 6.45) is 1.03. The van der Waals surface area contributed by atoms with Gasteiger partial charge >= 0.3 is 0 Å². The van der Waals surface area contributed by atoms with Crippen LogP contribution in [-0.4, -0.2) is 31.5 Å². The predicted molar refractivity (Wildman–Crippen MR) is 43.4 cm³/mol. The van der Waals surface area contributed by atoms with Gasteiger partial charge in [0.1, 0.15) is 5.54 Å². The van der Waals surface area contributed by atoms with Crippen molar-refractivity contribution in [2.45, 2.75) is 25.0 Å². The van der Waals surface area contributed by atoms with E-state index in [1.54, 1.807) is 6.92 Å². The molecule has 0 amide bonds. The normalized spacial score (nSPS) is 27.9. The van der Waals surface area contributed by atoms with Crippen LogP contribution in [0, 0.1) is 11.3 Å². The molecule has 4 nitrogen and oxygen atoms in total. The zero-order valence-electron chi connectivity index (χ0n) is 7.25. The maximum atomic E-state index is 8.58. The molecule has 2 N–H and O–H groups in total. The largest absolute Gasteiger partial charge is 0.379 e. The Kier molecular flexibility index (Phi) is 3.04. The molecule has 4 heteroatoms. The molecule has 0 radical (unpaired) electrons. The van der Waals surface area contributed by atoms with Gasteiger partial charge in [-0.3, -0.25) is 0 Å². The molecular weight excluding hydrogens is 156 g/mol. The fraction of sp³-hybridized carbons (Fsp3) is 0.875. The lowest BCUT2D eigenvalue weighted by atomic mass is 10.1. The first-order chi connectivity index (χ1) is 5.64. The van der Waals surface area contributed by atoms with E-state index >= 15 is 0 Å². The highest BCUT2D eigenvalue weighted by atomic mass is 16.5. The van der Waals surface area contributed by atoms with Gasteiger partial charge in [0.15, 0.2) is 0 Å². The SMILES string of the molecule is CC(N)(C#N)COC1CCOC1. The molecule has 0 bridgehead atoms. The second-order valence-electron chi connectivity index (χ2n) is 3.33. The topological polar surface area (TPSA) is 68.3 Å². The molecule has 1 heterocycles. The average Bonchev–Trinajstić information content (AvgIpc) is 2.53. The second-order valence-corrected chi connectivity index (χ2v) is 3.33. The summed E-state index contributed by atoms with van der Waals surface area (Å²) >= 11 is 0. The minimum atomic E-state index is -0.872. The fourth-order valence-corrected chi connectivity index (χ4v) is 0.968. The van der Waals surface area contributed by atoms with E-state index in [-0.39, 0.29) is 12.7 Å². The van der Waals surface area contributed by atoms with E-state index in [1.807, 2.05) is 6.07 Å². The summed E-state index contributed by atoms with van der Waals surface area (Å²) in [6.45, 7) is 3.31. The van der Waals surface area contributed by atoms with Crippen LogP contribution >= 0.6 is 0 Å². The van der Waals surface area contributed by atoms with Gasteiger partial charge in [-0.25, -0.2) is 0 Å². The number of hydrogen-bond acceptors (Lipinski definition) is 4. The van der Waals surface area contributed by atoms with Crippen LogP contribution in [0.3, 0.4) is 0 Å². The van der Waals surface area contributed by atoms with E-state index in [0.29, 0.717) is 6.61 Å². The standard InChI is InChI=1S/C8H14N2O2/c1-8(10,5-9)6-12-7-2-3-11-4-7/h7H,2-4,6,10H2,1H3. The van der Waals surface area contributed by atoms with Gasteiger partial charge < -0.3 is 15.2 Å². The number of rotatable bonds is 3. The zero-order valence-corrected chi connectivity index (χ0v) is 7.25. The van der Waals surface area contributed by atoms with Crippen molar-refractivity contribution in [3.05, 3.63) is 0 Å². The van der Waals surface area contributed by atoms with Crippen molar-refractivity contribution in [3.8, 4) is 6.07 Å². The van der Waals surface area contributed by atoms with Crippen LogP contribution in [0.25, 0.3) is 0 Å². The number of nitrogens with two attached hydrogens (primary N) is 1. The van der Waals surface area contributed by atoms with Crippen LogP contribution in [0.4, 0.5) is 0 Å². The smallest absolute Gasteiger partial charge is 0.125 e. The number of ether oxygens (including phenoxy) is 2. The van der Waals surface area contributed by atoms with Crippen LogP contribution in [0.15, 0.2) is 0 Å². The number of nitrogens with zero attached hydrogens (tertiary/aromatic N) is 1. The molecule has 1 aliphatic rings. The average molecular weight is 170 g/mol. The van der Waals surface area contributed by atoms with Crippen molar-refractivity contribution < 1.29 is 9.47 Å². The number of nitriles is 1. The monoisotopic (exact) mass is 170 g/mol. The molecule has 12 heavy (non-hydrogen) atoms. The number of hydrogen-bond donors (Lipinski definition) is 1. The Bertz CT molecular complexity index is 180. The van der Waals surface area contributed by atoms with Crippen LogP contribution < -0.4 is 5.73 Å². The molecule has 0 aromatic heterocycles. The zero-order chi connectivity index (χ0) is 9.03. The Morgan fingerprint density at radius 3 is 3.08 bits per heavy atom. The van der Waals surface area contributed by atoms with E-state index in [0.717, 1.165) is 13.0 Å². The highest BCUT2D eigenvalue weighted by Gasteiger charge is 2.22. The Morgan fingerprint density at radius 2 is 2.58 bits per heavy atom. The van der Waals surface area contributed by atoms with E-state index in [2.05, 4.69) is 0 Å². The summed E-state index contributed by atoms with van der Waals surface area (Å²) in [6, 6.07) is 1.98. The van der Waals surface area contributed by atoms with Crippen LogP contribution in [0.2, 0.25) is 0 Å². The van der Waals surface area contributed by atoms with Gasteiger partial charge in [0.2, 0.25) is 0 Å². The third-order valence-corrected chi connectivity index (χ3v) is 1.76. The first-order valence-electron chi connectivity index (χ1n) is 4.03. The van der Waals surface area contributed by atoms with Crippen molar-refractivity contribution >= 4 is 0 Å². The van der Waals surface area contributed by atoms with E-state index in [9.17, 15) is 0 Å². The predicted octanol–water partition coefficient (Wildman–Crippen LogP) is 0.0329. The molecule has 0 aromatic rings. The highest BCUT2D eigenvalue weighted by molar-refractivity contribution is 5.01. The lowest BCUT2D eigenvalue weighted by Gasteiger charge is -2.18. The van der Waals surface area contributed by atoms with Gasteiger partial charge in [-0.05, 0) is 13.3 Å². The van der Waals surface area contributed by atoms with E-state index in [1.165, 1.54) is 0 Å². The Labute approximate surface area is 72.2 Å². The summed E-state index contributed by atoms with van der Waals surface area (Å²) in [5.41, 5.74) is 4.69. The molecule has 1 aliphatic heterocycles. The van der Waals surface area contributed by atoms with E-state index in [4.69, 9.17) is 20.5 Å². The first-order valence-corrected chi connectivity index (χ1v) is 4.03. The van der Waals surface area contributed by atoms with Crippen LogP contribution in [0.1, 0.15) is 13.3 Å². The summed E-state index contributed by atoms with van der Waals surface area (Å²) in [5.74, 6) is 0. The summed E-state index contributed by atoms with van der Waals surface area (Å²) in [4.78, 5) is 0. The highest BCUT2D eigenvalue weighted by Crippen LogP contribution is 2.10. The molecule has 1 fully saturated rings. The summed E-state index contributed by atoms with van der Waals surface area (Å²) in [5, 5.41) is 8.58. The molecule has 0 saturated carbocycles. The van der Waals surface area contributed by atoms with Crippen molar-refractivity contribution in [3.63, 3.8) is 0 Å². The van der Waals surface area contributed by atoms with Crippen molar-refractivity contribution in [2.24, 2.45) is 5.73 Å².